The van der Waals surface area contributed by atoms with Crippen LogP contribution in [0.15, 0.2) is 84.4 Å². The molecule has 3 aromatic carbocycles. The number of fused-ring (bicyclic) bond motifs is 2. The molecule has 1 amide bonds. The molecule has 0 bridgehead atoms. The lowest BCUT2D eigenvalue weighted by Gasteiger charge is -2.25. The molecule has 6 rings (SSSR count). The first-order chi connectivity index (χ1) is 18.2. The molecule has 188 valence electrons. The first kappa shape index (κ1) is 23.7. The lowest BCUT2D eigenvalue weighted by atomic mass is 10.1. The zero-order chi connectivity index (χ0) is 25.0. The Hall–Kier alpha value is -3.68. The Labute approximate surface area is 220 Å². The number of hydrogen-bond acceptors (Lipinski definition) is 5. The van der Waals surface area contributed by atoms with Gasteiger partial charge in [0.2, 0.25) is 0 Å². The number of imidazole rings is 1. The average molecular weight is 512 g/mol. The molecule has 1 unspecified atom stereocenters. The fourth-order valence-electron chi connectivity index (χ4n) is 4.85. The summed E-state index contributed by atoms with van der Waals surface area (Å²) < 4.78 is 13.8. The van der Waals surface area contributed by atoms with E-state index in [1.165, 1.54) is 10.8 Å². The van der Waals surface area contributed by atoms with E-state index in [0.717, 1.165) is 47.8 Å². The number of carbonyl (C=O) groups excluding carboxylic acids is 1. The van der Waals surface area contributed by atoms with Crippen molar-refractivity contribution in [2.24, 2.45) is 0 Å². The van der Waals surface area contributed by atoms with Crippen molar-refractivity contribution in [1.29, 1.82) is 0 Å². The molecule has 1 atom stereocenters. The summed E-state index contributed by atoms with van der Waals surface area (Å²) in [5, 5.41) is 4.57. The average Bonchev–Trinajstić information content (AvgIpc) is 3.69. The molecule has 0 aliphatic carbocycles. The quantitative estimate of drug-likeness (QED) is 0.249. The highest BCUT2D eigenvalue weighted by molar-refractivity contribution is 7.15. The fraction of sp³-hybridized carbons (Fsp3) is 0.267. The lowest BCUT2D eigenvalue weighted by Crippen LogP contribution is -2.41. The van der Waals surface area contributed by atoms with Gasteiger partial charge in [0.05, 0.1) is 11.8 Å². The molecule has 7 heteroatoms. The third-order valence-corrected chi connectivity index (χ3v) is 7.76. The predicted molar refractivity (Wildman–Crippen MR) is 147 cm³/mol. The Morgan fingerprint density at radius 1 is 1.08 bits per heavy atom. The SMILES string of the molecule is O=C(COc1ccccc1)N(CCc1csc2nc(-c3ccc4ccccc4c3)cn12)CC1CCCO1. The van der Waals surface area contributed by atoms with Gasteiger partial charge in [-0.3, -0.25) is 9.20 Å². The van der Waals surface area contributed by atoms with Gasteiger partial charge in [-0.1, -0.05) is 54.6 Å². The van der Waals surface area contributed by atoms with E-state index < -0.39 is 0 Å². The molecule has 0 N–H and O–H groups in total. The second-order valence-electron chi connectivity index (χ2n) is 9.39. The largest absolute Gasteiger partial charge is 0.484 e. The highest BCUT2D eigenvalue weighted by Crippen LogP contribution is 2.27. The maximum absolute atomic E-state index is 13.2. The van der Waals surface area contributed by atoms with Gasteiger partial charge in [0.15, 0.2) is 11.6 Å². The Balaban J connectivity index is 1.17. The molecule has 1 saturated heterocycles. The molecular formula is C30H29N3O3S. The zero-order valence-electron chi connectivity index (χ0n) is 20.6. The number of carbonyl (C=O) groups is 1. The van der Waals surface area contributed by atoms with Gasteiger partial charge in [0.25, 0.3) is 5.91 Å². The Morgan fingerprint density at radius 2 is 1.92 bits per heavy atom. The molecule has 0 spiro atoms. The summed E-state index contributed by atoms with van der Waals surface area (Å²) in [5.41, 5.74) is 3.21. The summed E-state index contributed by atoms with van der Waals surface area (Å²) in [6, 6.07) is 24.3. The number of thiazole rings is 1. The van der Waals surface area contributed by atoms with Crippen LogP contribution >= 0.6 is 11.3 Å². The van der Waals surface area contributed by atoms with Gasteiger partial charge in [-0.25, -0.2) is 4.98 Å². The van der Waals surface area contributed by atoms with Gasteiger partial charge in [0.1, 0.15) is 5.75 Å². The molecular weight excluding hydrogens is 482 g/mol. The van der Waals surface area contributed by atoms with Crippen LogP contribution in [0.25, 0.3) is 27.0 Å². The van der Waals surface area contributed by atoms with Crippen LogP contribution in [0.2, 0.25) is 0 Å². The van der Waals surface area contributed by atoms with E-state index in [-0.39, 0.29) is 18.6 Å². The summed E-state index contributed by atoms with van der Waals surface area (Å²) >= 11 is 1.63. The van der Waals surface area contributed by atoms with Crippen molar-refractivity contribution in [2.75, 3.05) is 26.3 Å². The monoisotopic (exact) mass is 511 g/mol. The normalized spacial score (nSPS) is 15.4. The minimum atomic E-state index is -0.0201. The van der Waals surface area contributed by atoms with E-state index >= 15 is 0 Å². The molecule has 2 aromatic heterocycles. The number of amides is 1. The van der Waals surface area contributed by atoms with Crippen LogP contribution in [-0.4, -0.2) is 52.6 Å². The molecule has 5 aromatic rings. The molecule has 0 saturated carbocycles. The van der Waals surface area contributed by atoms with E-state index in [2.05, 4.69) is 58.4 Å². The number of hydrogen-bond donors (Lipinski definition) is 0. The lowest BCUT2D eigenvalue weighted by molar-refractivity contribution is -0.134. The van der Waals surface area contributed by atoms with Crippen molar-refractivity contribution in [3.05, 3.63) is 90.1 Å². The number of aromatic nitrogens is 2. The second-order valence-corrected chi connectivity index (χ2v) is 10.2. The highest BCUT2D eigenvalue weighted by Gasteiger charge is 2.23. The van der Waals surface area contributed by atoms with Crippen LogP contribution in [0.1, 0.15) is 18.5 Å². The van der Waals surface area contributed by atoms with E-state index in [1.807, 2.05) is 35.2 Å². The second kappa shape index (κ2) is 10.7. The van der Waals surface area contributed by atoms with Crippen LogP contribution in [0.4, 0.5) is 0 Å². The Morgan fingerprint density at radius 3 is 2.76 bits per heavy atom. The van der Waals surface area contributed by atoms with E-state index in [9.17, 15) is 4.79 Å². The summed E-state index contributed by atoms with van der Waals surface area (Å²) in [4.78, 5) is 20.9. The van der Waals surface area contributed by atoms with Gasteiger partial charge >= 0.3 is 0 Å². The summed E-state index contributed by atoms with van der Waals surface area (Å²) in [6.07, 6.45) is 4.97. The van der Waals surface area contributed by atoms with E-state index in [1.54, 1.807) is 11.3 Å². The third-order valence-electron chi connectivity index (χ3n) is 6.87. The van der Waals surface area contributed by atoms with Crippen molar-refractivity contribution >= 4 is 33.0 Å². The number of rotatable bonds is 9. The first-order valence-corrected chi connectivity index (χ1v) is 13.6. The molecule has 1 aliphatic heterocycles. The molecule has 6 nitrogen and oxygen atoms in total. The minimum Gasteiger partial charge on any atom is -0.484 e. The first-order valence-electron chi connectivity index (χ1n) is 12.7. The van der Waals surface area contributed by atoms with Gasteiger partial charge < -0.3 is 14.4 Å². The van der Waals surface area contributed by atoms with Crippen molar-refractivity contribution in [3.63, 3.8) is 0 Å². The fourth-order valence-corrected chi connectivity index (χ4v) is 5.76. The third kappa shape index (κ3) is 5.38. The van der Waals surface area contributed by atoms with Crippen molar-refractivity contribution in [2.45, 2.75) is 25.4 Å². The standard InChI is InChI=1S/C30H29N3O3S/c34-29(20-36-26-9-2-1-3-10-26)32(18-27-11-6-16-35-27)15-14-25-21-37-30-31-28(19-33(25)30)24-13-12-22-7-4-5-8-23(22)17-24/h1-5,7-10,12-13,17,19,21,27H,6,11,14-16,18,20H2. The summed E-state index contributed by atoms with van der Waals surface area (Å²) in [6.45, 7) is 1.99. The number of para-hydroxylation sites is 1. The van der Waals surface area contributed by atoms with E-state index in [0.29, 0.717) is 18.8 Å². The van der Waals surface area contributed by atoms with Crippen molar-refractivity contribution in [1.82, 2.24) is 14.3 Å². The topological polar surface area (TPSA) is 56.1 Å². The van der Waals surface area contributed by atoms with Crippen molar-refractivity contribution < 1.29 is 14.3 Å². The number of nitrogens with zero attached hydrogens (tertiary/aromatic N) is 3. The Bertz CT molecular complexity index is 1500. The maximum atomic E-state index is 13.2. The molecule has 37 heavy (non-hydrogen) atoms. The molecule has 0 radical (unpaired) electrons. The predicted octanol–water partition coefficient (Wildman–Crippen LogP) is 5.85. The number of benzene rings is 3. The maximum Gasteiger partial charge on any atom is 0.260 e. The van der Waals surface area contributed by atoms with Gasteiger partial charge in [0, 0.05) is 49.0 Å². The van der Waals surface area contributed by atoms with Crippen LogP contribution in [0.5, 0.6) is 5.75 Å². The Kier molecular flexibility index (Phi) is 6.88. The number of ether oxygens (including phenoxy) is 2. The van der Waals surface area contributed by atoms with Crippen LogP contribution in [-0.2, 0) is 16.0 Å². The van der Waals surface area contributed by atoms with Crippen LogP contribution in [0.3, 0.4) is 0 Å². The smallest absolute Gasteiger partial charge is 0.260 e. The molecule has 1 aliphatic rings. The van der Waals surface area contributed by atoms with Crippen molar-refractivity contribution in [3.8, 4) is 17.0 Å². The molecule has 3 heterocycles. The highest BCUT2D eigenvalue weighted by atomic mass is 32.1. The summed E-state index contributed by atoms with van der Waals surface area (Å²) in [5.74, 6) is 0.681. The molecule has 1 fully saturated rings. The van der Waals surface area contributed by atoms with Crippen LogP contribution < -0.4 is 4.74 Å². The van der Waals surface area contributed by atoms with Gasteiger partial charge in [-0.15, -0.1) is 11.3 Å². The van der Waals surface area contributed by atoms with Gasteiger partial charge in [-0.05, 0) is 41.8 Å². The van der Waals surface area contributed by atoms with Crippen LogP contribution in [0, 0.1) is 0 Å². The van der Waals surface area contributed by atoms with E-state index in [4.69, 9.17) is 14.5 Å². The minimum absolute atomic E-state index is 0.0201. The zero-order valence-corrected chi connectivity index (χ0v) is 21.4. The van der Waals surface area contributed by atoms with Gasteiger partial charge in [-0.2, -0.15) is 0 Å². The summed E-state index contributed by atoms with van der Waals surface area (Å²) in [7, 11) is 0.